The number of halogens is 2. The standard InChI is InChI=1S/C13H9BrFNO3/c14-11-6-10(15)7-12(16(17)18)13(11)19-8-9-4-2-1-3-5-9/h1-7H,8H2. The molecular weight excluding hydrogens is 317 g/mol. The van der Waals surface area contributed by atoms with Crippen molar-refractivity contribution in [3.8, 4) is 5.75 Å². The molecule has 2 aromatic rings. The average molecular weight is 326 g/mol. The fraction of sp³-hybridized carbons (Fsp3) is 0.0769. The van der Waals surface area contributed by atoms with Crippen LogP contribution in [0.5, 0.6) is 5.75 Å². The van der Waals surface area contributed by atoms with Crippen LogP contribution in [-0.4, -0.2) is 4.92 Å². The smallest absolute Gasteiger partial charge is 0.315 e. The minimum absolute atomic E-state index is 0.0234. The minimum atomic E-state index is -0.689. The van der Waals surface area contributed by atoms with E-state index in [4.69, 9.17) is 4.74 Å². The fourth-order valence-electron chi connectivity index (χ4n) is 1.56. The van der Waals surface area contributed by atoms with Gasteiger partial charge in [-0.15, -0.1) is 0 Å². The third kappa shape index (κ3) is 3.29. The van der Waals surface area contributed by atoms with Gasteiger partial charge in [0.05, 0.1) is 15.5 Å². The highest BCUT2D eigenvalue weighted by atomic mass is 79.9. The summed E-state index contributed by atoms with van der Waals surface area (Å²) in [6.07, 6.45) is 0. The van der Waals surface area contributed by atoms with E-state index >= 15 is 0 Å². The summed E-state index contributed by atoms with van der Waals surface area (Å²) in [7, 11) is 0. The maximum atomic E-state index is 13.1. The molecule has 98 valence electrons. The van der Waals surface area contributed by atoms with Crippen molar-refractivity contribution in [2.75, 3.05) is 0 Å². The first-order valence-corrected chi connectivity index (χ1v) is 6.17. The molecule has 0 aromatic heterocycles. The topological polar surface area (TPSA) is 52.4 Å². The zero-order valence-corrected chi connectivity index (χ0v) is 11.3. The van der Waals surface area contributed by atoms with E-state index < -0.39 is 16.4 Å². The first-order valence-electron chi connectivity index (χ1n) is 5.38. The van der Waals surface area contributed by atoms with E-state index in [0.717, 1.165) is 17.7 Å². The van der Waals surface area contributed by atoms with E-state index in [1.54, 1.807) is 0 Å². The van der Waals surface area contributed by atoms with Crippen LogP contribution in [0.3, 0.4) is 0 Å². The summed E-state index contributed by atoms with van der Waals surface area (Å²) >= 11 is 3.07. The van der Waals surface area contributed by atoms with Gasteiger partial charge in [0.2, 0.25) is 5.75 Å². The van der Waals surface area contributed by atoms with Crippen molar-refractivity contribution in [3.63, 3.8) is 0 Å². The quantitative estimate of drug-likeness (QED) is 0.628. The van der Waals surface area contributed by atoms with Crippen LogP contribution in [0.25, 0.3) is 0 Å². The summed E-state index contributed by atoms with van der Waals surface area (Å²) in [5, 5.41) is 10.9. The molecule has 0 N–H and O–H groups in total. The Morgan fingerprint density at radius 2 is 1.95 bits per heavy atom. The van der Waals surface area contributed by atoms with Crippen molar-refractivity contribution in [1.29, 1.82) is 0 Å². The Morgan fingerprint density at radius 1 is 1.26 bits per heavy atom. The van der Waals surface area contributed by atoms with Crippen LogP contribution >= 0.6 is 15.9 Å². The van der Waals surface area contributed by atoms with Gasteiger partial charge in [0.25, 0.3) is 0 Å². The summed E-state index contributed by atoms with van der Waals surface area (Å²) < 4.78 is 18.8. The van der Waals surface area contributed by atoms with Gasteiger partial charge in [-0.3, -0.25) is 10.1 Å². The van der Waals surface area contributed by atoms with Crippen LogP contribution in [-0.2, 0) is 6.61 Å². The van der Waals surface area contributed by atoms with Crippen molar-refractivity contribution in [2.24, 2.45) is 0 Å². The second kappa shape index (κ2) is 5.79. The van der Waals surface area contributed by atoms with Crippen LogP contribution in [0.2, 0.25) is 0 Å². The van der Waals surface area contributed by atoms with E-state index in [0.29, 0.717) is 0 Å². The Hall–Kier alpha value is -1.95. The van der Waals surface area contributed by atoms with Crippen LogP contribution in [0.1, 0.15) is 5.56 Å². The lowest BCUT2D eigenvalue weighted by atomic mass is 10.2. The van der Waals surface area contributed by atoms with Crippen molar-refractivity contribution in [2.45, 2.75) is 6.61 Å². The number of nitro benzene ring substituents is 1. The van der Waals surface area contributed by atoms with Crippen molar-refractivity contribution in [1.82, 2.24) is 0 Å². The van der Waals surface area contributed by atoms with Gasteiger partial charge in [-0.05, 0) is 27.6 Å². The monoisotopic (exact) mass is 325 g/mol. The molecule has 0 saturated carbocycles. The lowest BCUT2D eigenvalue weighted by Crippen LogP contribution is -2.00. The van der Waals surface area contributed by atoms with Gasteiger partial charge < -0.3 is 4.74 Å². The second-order valence-electron chi connectivity index (χ2n) is 3.77. The molecule has 0 aliphatic heterocycles. The Labute approximate surface area is 117 Å². The number of hydrogen-bond acceptors (Lipinski definition) is 3. The third-order valence-corrected chi connectivity index (χ3v) is 3.00. The van der Waals surface area contributed by atoms with Gasteiger partial charge in [0.1, 0.15) is 12.4 Å². The van der Waals surface area contributed by atoms with Gasteiger partial charge >= 0.3 is 5.69 Å². The SMILES string of the molecule is O=[N+]([O-])c1cc(F)cc(Br)c1OCc1ccccc1. The molecule has 2 rings (SSSR count). The molecule has 0 saturated heterocycles. The lowest BCUT2D eigenvalue weighted by molar-refractivity contribution is -0.386. The summed E-state index contributed by atoms with van der Waals surface area (Å²) in [6, 6.07) is 11.2. The number of nitrogens with zero attached hydrogens (tertiary/aromatic N) is 1. The summed E-state index contributed by atoms with van der Waals surface area (Å²) in [6.45, 7) is 0.173. The maximum absolute atomic E-state index is 13.1. The van der Waals surface area contributed by atoms with Crippen LogP contribution < -0.4 is 4.74 Å². The van der Waals surface area contributed by atoms with Crippen molar-refractivity contribution >= 4 is 21.6 Å². The Morgan fingerprint density at radius 3 is 2.58 bits per heavy atom. The molecular formula is C13H9BrFNO3. The normalized spacial score (nSPS) is 10.2. The van der Waals surface area contributed by atoms with Crippen LogP contribution in [0, 0.1) is 15.9 Å². The molecule has 0 fully saturated rings. The second-order valence-corrected chi connectivity index (χ2v) is 4.62. The molecule has 0 spiro atoms. The molecule has 4 nitrogen and oxygen atoms in total. The van der Waals surface area contributed by atoms with Crippen LogP contribution in [0.15, 0.2) is 46.9 Å². The van der Waals surface area contributed by atoms with E-state index in [9.17, 15) is 14.5 Å². The molecule has 19 heavy (non-hydrogen) atoms. The van der Waals surface area contributed by atoms with Crippen molar-refractivity contribution < 1.29 is 14.1 Å². The number of hydrogen-bond donors (Lipinski definition) is 0. The Bertz CT molecular complexity index is 604. The molecule has 0 heterocycles. The first kappa shape index (κ1) is 13.5. The molecule has 0 radical (unpaired) electrons. The van der Waals surface area contributed by atoms with Gasteiger partial charge in [-0.2, -0.15) is 0 Å². The average Bonchev–Trinajstić information content (AvgIpc) is 2.38. The molecule has 6 heteroatoms. The Kier molecular flexibility index (Phi) is 4.11. The number of ether oxygens (including phenoxy) is 1. The molecule has 0 amide bonds. The van der Waals surface area contributed by atoms with Crippen molar-refractivity contribution in [3.05, 3.63) is 68.4 Å². The zero-order valence-electron chi connectivity index (χ0n) is 9.68. The van der Waals surface area contributed by atoms with E-state index in [1.165, 1.54) is 0 Å². The van der Waals surface area contributed by atoms with Gasteiger partial charge in [0, 0.05) is 0 Å². The lowest BCUT2D eigenvalue weighted by Gasteiger charge is -2.08. The van der Waals surface area contributed by atoms with E-state index in [1.807, 2.05) is 30.3 Å². The highest BCUT2D eigenvalue weighted by Gasteiger charge is 2.20. The maximum Gasteiger partial charge on any atom is 0.315 e. The van der Waals surface area contributed by atoms with Gasteiger partial charge in [-0.25, -0.2) is 4.39 Å². The highest BCUT2D eigenvalue weighted by molar-refractivity contribution is 9.10. The van der Waals surface area contributed by atoms with E-state index in [2.05, 4.69) is 15.9 Å². The molecule has 0 aliphatic rings. The van der Waals surface area contributed by atoms with Crippen LogP contribution in [0.4, 0.5) is 10.1 Å². The fourth-order valence-corrected chi connectivity index (χ4v) is 2.09. The zero-order chi connectivity index (χ0) is 13.8. The van der Waals surface area contributed by atoms with Gasteiger partial charge in [-0.1, -0.05) is 30.3 Å². The number of rotatable bonds is 4. The molecule has 0 aliphatic carbocycles. The number of benzene rings is 2. The third-order valence-electron chi connectivity index (χ3n) is 2.41. The highest BCUT2D eigenvalue weighted by Crippen LogP contribution is 2.36. The predicted molar refractivity (Wildman–Crippen MR) is 71.5 cm³/mol. The first-order chi connectivity index (χ1) is 9.08. The largest absolute Gasteiger partial charge is 0.481 e. The summed E-state index contributed by atoms with van der Waals surface area (Å²) in [5.74, 6) is -0.666. The number of nitro groups is 1. The minimum Gasteiger partial charge on any atom is -0.481 e. The summed E-state index contributed by atoms with van der Waals surface area (Å²) in [5.41, 5.74) is 0.468. The van der Waals surface area contributed by atoms with E-state index in [-0.39, 0.29) is 16.8 Å². The summed E-state index contributed by atoms with van der Waals surface area (Å²) in [4.78, 5) is 10.2. The van der Waals surface area contributed by atoms with Gasteiger partial charge in [0.15, 0.2) is 0 Å². The Balaban J connectivity index is 2.27. The molecule has 0 bridgehead atoms. The predicted octanol–water partition coefficient (Wildman–Crippen LogP) is 4.08. The molecule has 2 aromatic carbocycles. The molecule has 0 unspecified atom stereocenters. The molecule has 0 atom stereocenters.